The van der Waals surface area contributed by atoms with Gasteiger partial charge in [0.05, 0.1) is 37.3 Å². The summed E-state index contributed by atoms with van der Waals surface area (Å²) in [5.74, 6) is -0.604. The van der Waals surface area contributed by atoms with Crippen molar-refractivity contribution >= 4 is 10.0 Å². The van der Waals surface area contributed by atoms with Crippen LogP contribution in [0.2, 0.25) is 0 Å². The zero-order valence-corrected chi connectivity index (χ0v) is 10.6. The fourth-order valence-electron chi connectivity index (χ4n) is 2.34. The summed E-state index contributed by atoms with van der Waals surface area (Å²) in [4.78, 5) is 0.148. The highest BCUT2D eigenvalue weighted by molar-refractivity contribution is 7.89. The molecule has 1 N–H and O–H groups in total. The van der Waals surface area contributed by atoms with Crippen LogP contribution in [0.5, 0.6) is 5.75 Å². The van der Waals surface area contributed by atoms with Gasteiger partial charge in [-0.25, -0.2) is 13.1 Å². The van der Waals surface area contributed by atoms with E-state index < -0.39 is 15.8 Å². The maximum atomic E-state index is 12.0. The van der Waals surface area contributed by atoms with Gasteiger partial charge in [0.15, 0.2) is 0 Å². The molecule has 98 valence electrons. The Morgan fingerprint density at radius 1 is 1.33 bits per heavy atom. The molecule has 3 rings (SSSR count). The van der Waals surface area contributed by atoms with Crippen molar-refractivity contribution in [3.05, 3.63) is 23.8 Å². The first kappa shape index (κ1) is 11.9. The van der Waals surface area contributed by atoms with Crippen LogP contribution in [-0.2, 0) is 25.3 Å². The SMILES string of the molecule is COc1cccc2c1C1(CNS2(=O)=O)OCCO1. The van der Waals surface area contributed by atoms with Crippen LogP contribution in [0.3, 0.4) is 0 Å². The Bertz CT molecular complexity index is 577. The van der Waals surface area contributed by atoms with E-state index in [0.29, 0.717) is 24.5 Å². The molecule has 0 atom stereocenters. The molecule has 1 spiro atoms. The molecule has 1 aromatic carbocycles. The van der Waals surface area contributed by atoms with Gasteiger partial charge >= 0.3 is 0 Å². The second-order valence-corrected chi connectivity index (χ2v) is 5.84. The van der Waals surface area contributed by atoms with Crippen LogP contribution in [0.4, 0.5) is 0 Å². The zero-order valence-electron chi connectivity index (χ0n) is 9.80. The van der Waals surface area contributed by atoms with Crippen molar-refractivity contribution < 1.29 is 22.6 Å². The Kier molecular flexibility index (Phi) is 2.60. The van der Waals surface area contributed by atoms with Crippen LogP contribution in [0.1, 0.15) is 5.56 Å². The molecule has 0 amide bonds. The molecule has 1 aromatic rings. The minimum atomic E-state index is -3.53. The number of nitrogens with one attached hydrogen (secondary N) is 1. The molecular weight excluding hydrogens is 258 g/mol. The summed E-state index contributed by atoms with van der Waals surface area (Å²) < 4.78 is 42.9. The summed E-state index contributed by atoms with van der Waals surface area (Å²) in [6.07, 6.45) is 0. The van der Waals surface area contributed by atoms with Crippen LogP contribution in [0.15, 0.2) is 23.1 Å². The van der Waals surface area contributed by atoms with Gasteiger partial charge in [0.25, 0.3) is 0 Å². The van der Waals surface area contributed by atoms with Crippen molar-refractivity contribution in [2.45, 2.75) is 10.7 Å². The van der Waals surface area contributed by atoms with Crippen molar-refractivity contribution in [1.29, 1.82) is 0 Å². The Labute approximate surface area is 105 Å². The maximum Gasteiger partial charge on any atom is 0.241 e. The number of fused-ring (bicyclic) bond motifs is 2. The van der Waals surface area contributed by atoms with Crippen LogP contribution < -0.4 is 9.46 Å². The Morgan fingerprint density at radius 2 is 2.06 bits per heavy atom. The molecule has 7 heteroatoms. The van der Waals surface area contributed by atoms with Crippen LogP contribution >= 0.6 is 0 Å². The summed E-state index contributed by atoms with van der Waals surface area (Å²) >= 11 is 0. The van der Waals surface area contributed by atoms with E-state index in [1.807, 2.05) is 0 Å². The van der Waals surface area contributed by atoms with Gasteiger partial charge in [-0.1, -0.05) is 6.07 Å². The second kappa shape index (κ2) is 3.92. The molecular formula is C11H13NO5S. The Morgan fingerprint density at radius 3 is 2.72 bits per heavy atom. The molecule has 18 heavy (non-hydrogen) atoms. The molecule has 0 bridgehead atoms. The van der Waals surface area contributed by atoms with Gasteiger partial charge in [0.1, 0.15) is 5.75 Å². The van der Waals surface area contributed by atoms with E-state index >= 15 is 0 Å². The average molecular weight is 271 g/mol. The summed E-state index contributed by atoms with van der Waals surface area (Å²) in [5.41, 5.74) is 0.448. The third kappa shape index (κ3) is 1.55. The summed E-state index contributed by atoms with van der Waals surface area (Å²) in [6, 6.07) is 4.85. The van der Waals surface area contributed by atoms with Gasteiger partial charge in [-0.3, -0.25) is 0 Å². The lowest BCUT2D eigenvalue weighted by atomic mass is 10.0. The first-order valence-electron chi connectivity index (χ1n) is 5.54. The molecule has 2 aliphatic rings. The van der Waals surface area contributed by atoms with Gasteiger partial charge < -0.3 is 14.2 Å². The van der Waals surface area contributed by atoms with Crippen LogP contribution in [0.25, 0.3) is 0 Å². The van der Waals surface area contributed by atoms with Gasteiger partial charge in [0.2, 0.25) is 15.8 Å². The van der Waals surface area contributed by atoms with E-state index in [9.17, 15) is 8.42 Å². The molecule has 1 fully saturated rings. The third-order valence-electron chi connectivity index (χ3n) is 3.13. The number of benzene rings is 1. The summed E-state index contributed by atoms with van der Waals surface area (Å²) in [6.45, 7) is 0.918. The van der Waals surface area contributed by atoms with Crippen LogP contribution in [0, 0.1) is 0 Å². The highest BCUT2D eigenvalue weighted by Crippen LogP contribution is 2.43. The van der Waals surface area contributed by atoms with Crippen molar-refractivity contribution in [3.63, 3.8) is 0 Å². The molecule has 1 saturated heterocycles. The van der Waals surface area contributed by atoms with E-state index in [-0.39, 0.29) is 11.4 Å². The molecule has 0 saturated carbocycles. The predicted octanol–water partition coefficient (Wildman–Crippen LogP) is 0.187. The van der Waals surface area contributed by atoms with Gasteiger partial charge in [-0.05, 0) is 12.1 Å². The molecule has 6 nitrogen and oxygen atoms in total. The van der Waals surface area contributed by atoms with E-state index in [1.54, 1.807) is 12.1 Å². The Balaban J connectivity index is 2.29. The number of hydrogen-bond acceptors (Lipinski definition) is 5. The first-order valence-corrected chi connectivity index (χ1v) is 7.02. The fourth-order valence-corrected chi connectivity index (χ4v) is 3.66. The van der Waals surface area contributed by atoms with Crippen molar-refractivity contribution in [1.82, 2.24) is 4.72 Å². The number of rotatable bonds is 1. The molecule has 0 aromatic heterocycles. The quantitative estimate of drug-likeness (QED) is 0.789. The van der Waals surface area contributed by atoms with Crippen LogP contribution in [-0.4, -0.2) is 35.3 Å². The van der Waals surface area contributed by atoms with E-state index in [2.05, 4.69) is 4.72 Å². The van der Waals surface area contributed by atoms with E-state index in [0.717, 1.165) is 0 Å². The third-order valence-corrected chi connectivity index (χ3v) is 4.57. The smallest absolute Gasteiger partial charge is 0.241 e. The molecule has 0 radical (unpaired) electrons. The molecule has 2 aliphatic heterocycles. The average Bonchev–Trinajstić information content (AvgIpc) is 2.84. The standard InChI is InChI=1S/C11H13NO5S/c1-15-8-3-2-4-9-10(8)11(16-5-6-17-11)7-12-18(9,13)14/h2-4,12H,5-7H2,1H3. The largest absolute Gasteiger partial charge is 0.496 e. The monoisotopic (exact) mass is 271 g/mol. The lowest BCUT2D eigenvalue weighted by Gasteiger charge is -2.34. The van der Waals surface area contributed by atoms with Gasteiger partial charge in [0, 0.05) is 0 Å². The normalized spacial score (nSPS) is 23.8. The highest BCUT2D eigenvalue weighted by Gasteiger charge is 2.48. The second-order valence-electron chi connectivity index (χ2n) is 4.11. The number of sulfonamides is 1. The number of hydrogen-bond donors (Lipinski definition) is 1. The van der Waals surface area contributed by atoms with E-state index in [1.165, 1.54) is 13.2 Å². The first-order chi connectivity index (χ1) is 8.59. The zero-order chi connectivity index (χ0) is 12.8. The fraction of sp³-hybridized carbons (Fsp3) is 0.455. The minimum Gasteiger partial charge on any atom is -0.496 e. The van der Waals surface area contributed by atoms with Gasteiger partial charge in [-0.2, -0.15) is 0 Å². The summed E-state index contributed by atoms with van der Waals surface area (Å²) in [5, 5.41) is 0. The molecule has 0 aliphatic carbocycles. The lowest BCUT2D eigenvalue weighted by Crippen LogP contribution is -2.47. The van der Waals surface area contributed by atoms with Crippen molar-refractivity contribution in [3.8, 4) is 5.75 Å². The van der Waals surface area contributed by atoms with Crippen molar-refractivity contribution in [2.24, 2.45) is 0 Å². The molecule has 2 heterocycles. The maximum absolute atomic E-state index is 12.0. The predicted molar refractivity (Wildman–Crippen MR) is 61.8 cm³/mol. The van der Waals surface area contributed by atoms with Crippen molar-refractivity contribution in [2.75, 3.05) is 26.9 Å². The van der Waals surface area contributed by atoms with Gasteiger partial charge in [-0.15, -0.1) is 0 Å². The molecule has 0 unspecified atom stereocenters. The summed E-state index contributed by atoms with van der Waals surface area (Å²) in [7, 11) is -2.04. The highest BCUT2D eigenvalue weighted by atomic mass is 32.2. The minimum absolute atomic E-state index is 0.0582. The number of ether oxygens (including phenoxy) is 3. The Hall–Kier alpha value is -1.15. The topological polar surface area (TPSA) is 73.9 Å². The lowest BCUT2D eigenvalue weighted by molar-refractivity contribution is -0.163. The number of methoxy groups -OCH3 is 1. The van der Waals surface area contributed by atoms with E-state index in [4.69, 9.17) is 14.2 Å².